The molecule has 0 heterocycles. The van der Waals surface area contributed by atoms with E-state index in [0.717, 1.165) is 0 Å². The van der Waals surface area contributed by atoms with Crippen LogP contribution in [-0.2, 0) is 0 Å². The maximum Gasteiger partial charge on any atom is 0.291 e. The van der Waals surface area contributed by atoms with Crippen LogP contribution in [0, 0.1) is 69.6 Å². The monoisotopic (exact) mass is 490 g/mol. The second kappa shape index (κ2) is 23.5. The van der Waals surface area contributed by atoms with E-state index in [9.17, 15) is 0 Å². The fraction of sp³-hybridized carbons (Fsp3) is 0. The number of hydrogen-bond acceptors (Lipinski definition) is 8. The molecule has 16 nitrogen and oxygen atoms in total. The van der Waals surface area contributed by atoms with Crippen molar-refractivity contribution in [2.75, 3.05) is 0 Å². The SMILES string of the molecule is O=[N+]([O-])O.O=[N+]([O-])O.O=[N+]([O-])O.O=[N+]([O-])O.[Pu]. The Morgan fingerprint density at radius 3 is 0.529 bits per heavy atom. The van der Waals surface area contributed by atoms with Crippen LogP contribution in [0.15, 0.2) is 0 Å². The molecule has 0 atom stereocenters. The molecule has 0 aliphatic heterocycles. The van der Waals surface area contributed by atoms with Gasteiger partial charge in [-0.1, -0.05) is 0 Å². The second-order valence-electron chi connectivity index (χ2n) is 0.951. The molecule has 0 bridgehead atoms. The van der Waals surface area contributed by atoms with E-state index in [1.54, 1.807) is 0 Å². The van der Waals surface area contributed by atoms with Crippen molar-refractivity contribution in [2.45, 2.75) is 0 Å². The summed E-state index contributed by atoms with van der Waals surface area (Å²) in [4.78, 5) is 33.4. The van der Waals surface area contributed by atoms with Crippen molar-refractivity contribution in [2.24, 2.45) is 0 Å². The molecule has 0 unspecified atom stereocenters. The Labute approximate surface area is 111 Å². The minimum Gasteiger partial charge on any atom is -0.328 e. The van der Waals surface area contributed by atoms with E-state index in [0.29, 0.717) is 0 Å². The quantitative estimate of drug-likeness (QED) is 0.223. The predicted molar refractivity (Wildman–Crippen MR) is 35.1 cm³/mol. The minimum atomic E-state index is -1.50. The molecule has 0 saturated heterocycles. The third-order valence-corrected chi connectivity index (χ3v) is 0. The van der Waals surface area contributed by atoms with Gasteiger partial charge in [-0.05, 0) is 0 Å². The molecule has 0 aromatic heterocycles. The van der Waals surface area contributed by atoms with Crippen molar-refractivity contribution in [3.05, 3.63) is 40.5 Å². The molecule has 0 rings (SSSR count). The van der Waals surface area contributed by atoms with Gasteiger partial charge in [0.25, 0.3) is 20.3 Å². The first-order valence-corrected chi connectivity index (χ1v) is 2.26. The molecule has 4 N–H and O–H groups in total. The van der Waals surface area contributed by atoms with Gasteiger partial charge >= 0.3 is 0 Å². The Bertz CT molecular complexity index is 159. The van der Waals surface area contributed by atoms with Crippen molar-refractivity contribution >= 4 is 0 Å². The van der Waals surface area contributed by atoms with Gasteiger partial charge in [0, 0.05) is 29.2 Å². The van der Waals surface area contributed by atoms with Crippen LogP contribution in [0.3, 0.4) is 0 Å². The summed E-state index contributed by atoms with van der Waals surface area (Å²) in [5.41, 5.74) is 0. The smallest absolute Gasteiger partial charge is 0.291 e. The topological polar surface area (TPSA) is 253 Å². The van der Waals surface area contributed by atoms with Crippen molar-refractivity contribution in [1.29, 1.82) is 0 Å². The largest absolute Gasteiger partial charge is 0.328 e. The van der Waals surface area contributed by atoms with Gasteiger partial charge in [0.15, 0.2) is 0 Å². The van der Waals surface area contributed by atoms with Gasteiger partial charge in [-0.25, -0.2) is 0 Å². The maximum atomic E-state index is 8.36. The standard InChI is InChI=1S/4HNO3.Pu/c4*2-1(3)4;/h4*(H,2,3,4);. The summed E-state index contributed by atoms with van der Waals surface area (Å²) in [6.07, 6.45) is 0. The van der Waals surface area contributed by atoms with E-state index in [4.69, 9.17) is 61.3 Å². The molecule has 17 heteroatoms. The van der Waals surface area contributed by atoms with Crippen molar-refractivity contribution in [1.82, 2.24) is 0 Å². The Balaban J connectivity index is -0.0000000369. The Hall–Kier alpha value is -2.21. The first-order chi connectivity index (χ1) is 6.93. The summed E-state index contributed by atoms with van der Waals surface area (Å²) in [5, 5.41) is 54.6. The molecule has 102 valence electrons. The summed E-state index contributed by atoms with van der Waals surface area (Å²) in [6, 6.07) is 0. The normalized spacial score (nSPS) is 5.65. The Morgan fingerprint density at radius 2 is 0.529 bits per heavy atom. The van der Waals surface area contributed by atoms with Crippen LogP contribution in [-0.4, -0.2) is 41.2 Å². The zero-order valence-electron chi connectivity index (χ0n) is 7.25. The molecular weight excluding hydrogens is 492 g/mol. The van der Waals surface area contributed by atoms with E-state index in [1.165, 1.54) is 0 Å². The fourth-order valence-corrected chi connectivity index (χ4v) is 0. The van der Waals surface area contributed by atoms with E-state index in [-0.39, 0.29) is 29.2 Å². The van der Waals surface area contributed by atoms with Crippen LogP contribution in [0.25, 0.3) is 0 Å². The third kappa shape index (κ3) is 391. The van der Waals surface area contributed by atoms with Crippen molar-refractivity contribution in [3.8, 4) is 0 Å². The van der Waals surface area contributed by atoms with Crippen LogP contribution in [0.1, 0.15) is 0 Å². The first-order valence-electron chi connectivity index (χ1n) is 2.26. The summed E-state index contributed by atoms with van der Waals surface area (Å²) < 4.78 is 0. The first kappa shape index (κ1) is 29.3. The van der Waals surface area contributed by atoms with Crippen LogP contribution in [0.5, 0.6) is 0 Å². The average molecular weight is 496 g/mol. The molecule has 0 spiro atoms. The summed E-state index contributed by atoms with van der Waals surface area (Å²) in [7, 11) is 0. The molecule has 0 radical (unpaired) electrons. The van der Waals surface area contributed by atoms with Crippen molar-refractivity contribution < 1.29 is 70.4 Å². The molecular formula is H4N4O12Pu. The van der Waals surface area contributed by atoms with Gasteiger partial charge in [0.1, 0.15) is 0 Å². The summed E-state index contributed by atoms with van der Waals surface area (Å²) in [6.45, 7) is 0. The van der Waals surface area contributed by atoms with Crippen LogP contribution in [0.4, 0.5) is 0 Å². The van der Waals surface area contributed by atoms with E-state index < -0.39 is 20.3 Å². The Morgan fingerprint density at radius 1 is 0.529 bits per heavy atom. The van der Waals surface area contributed by atoms with Gasteiger partial charge in [-0.3, -0.25) is 0 Å². The van der Waals surface area contributed by atoms with Gasteiger partial charge in [0.2, 0.25) is 0 Å². The van der Waals surface area contributed by atoms with Gasteiger partial charge in [-0.15, -0.1) is 40.5 Å². The molecule has 17 heavy (non-hydrogen) atoms. The van der Waals surface area contributed by atoms with Crippen LogP contribution in [0.2, 0.25) is 0 Å². The zero-order valence-corrected chi connectivity index (χ0v) is 10.7. The molecule has 0 saturated carbocycles. The van der Waals surface area contributed by atoms with Crippen molar-refractivity contribution in [3.63, 3.8) is 0 Å². The number of rotatable bonds is 0. The van der Waals surface area contributed by atoms with Gasteiger partial charge in [0.05, 0.1) is 0 Å². The minimum absolute atomic E-state index is 0. The summed E-state index contributed by atoms with van der Waals surface area (Å²) >= 11 is 0. The molecule has 0 aliphatic rings. The number of nitrogens with zero attached hydrogens (tertiary/aromatic N) is 4. The Kier molecular flexibility index (Phi) is 40.6. The van der Waals surface area contributed by atoms with Crippen LogP contribution < -0.4 is 0 Å². The second-order valence-corrected chi connectivity index (χ2v) is 0.951. The van der Waals surface area contributed by atoms with E-state index in [2.05, 4.69) is 0 Å². The number of hydrogen-bond donors (Lipinski definition) is 4. The van der Waals surface area contributed by atoms with Gasteiger partial charge in [-0.2, -0.15) is 0 Å². The third-order valence-electron chi connectivity index (χ3n) is 0. The van der Waals surface area contributed by atoms with Gasteiger partial charge < -0.3 is 20.8 Å². The molecule has 0 amide bonds. The average Bonchev–Trinajstić information content (AvgIpc) is 1.76. The molecule has 0 fully saturated rings. The van der Waals surface area contributed by atoms with E-state index in [1.807, 2.05) is 0 Å². The fourth-order valence-electron chi connectivity index (χ4n) is 0. The maximum absolute atomic E-state index is 8.36. The summed E-state index contributed by atoms with van der Waals surface area (Å²) in [5.74, 6) is 0. The zero-order chi connectivity index (χ0) is 14.3. The molecule has 0 aromatic carbocycles. The molecule has 0 aromatic rings. The van der Waals surface area contributed by atoms with Crippen LogP contribution >= 0.6 is 0 Å². The molecule has 0 aliphatic carbocycles. The predicted octanol–water partition coefficient (Wildman–Crippen LogP) is -1.39. The van der Waals surface area contributed by atoms with E-state index >= 15 is 0 Å².